The highest BCUT2D eigenvalue weighted by Crippen LogP contribution is 2.31. The Balaban J connectivity index is 1.36. The maximum absolute atomic E-state index is 12.7. The largest absolute Gasteiger partial charge is 0.485 e. The van der Waals surface area contributed by atoms with E-state index in [4.69, 9.17) is 14.2 Å². The van der Waals surface area contributed by atoms with E-state index >= 15 is 0 Å². The molecule has 0 aromatic heterocycles. The third-order valence-electron chi connectivity index (χ3n) is 4.85. The van der Waals surface area contributed by atoms with Crippen LogP contribution in [0.3, 0.4) is 0 Å². The van der Waals surface area contributed by atoms with E-state index in [1.807, 2.05) is 24.3 Å². The summed E-state index contributed by atoms with van der Waals surface area (Å²) in [5, 5.41) is 0. The lowest BCUT2D eigenvalue weighted by Gasteiger charge is -2.31. The Bertz CT molecular complexity index is 865. The van der Waals surface area contributed by atoms with Gasteiger partial charge in [0, 0.05) is 13.1 Å². The van der Waals surface area contributed by atoms with Crippen molar-refractivity contribution >= 4 is 11.9 Å². The minimum absolute atomic E-state index is 0.0633. The molecule has 1 amide bonds. The first-order chi connectivity index (χ1) is 13.1. The molecule has 2 heterocycles. The maximum Gasteiger partial charge on any atom is 0.351 e. The second-order valence-corrected chi connectivity index (χ2v) is 6.72. The normalized spacial score (nSPS) is 19.0. The van der Waals surface area contributed by atoms with Crippen molar-refractivity contribution < 1.29 is 23.8 Å². The van der Waals surface area contributed by atoms with Crippen molar-refractivity contribution in [2.24, 2.45) is 0 Å². The molecule has 140 valence electrons. The van der Waals surface area contributed by atoms with Crippen LogP contribution in [0.1, 0.15) is 18.1 Å². The molecule has 0 unspecified atom stereocenters. The minimum atomic E-state index is -0.878. The van der Waals surface area contributed by atoms with Crippen LogP contribution in [0.15, 0.2) is 48.5 Å². The number of esters is 1. The van der Waals surface area contributed by atoms with E-state index in [9.17, 15) is 9.59 Å². The molecule has 0 saturated carbocycles. The van der Waals surface area contributed by atoms with E-state index in [0.717, 1.165) is 12.0 Å². The Labute approximate surface area is 157 Å². The highest BCUT2D eigenvalue weighted by atomic mass is 16.6. The predicted octanol–water partition coefficient (Wildman–Crippen LogP) is 2.34. The van der Waals surface area contributed by atoms with E-state index in [2.05, 4.69) is 6.07 Å². The van der Waals surface area contributed by atoms with E-state index < -0.39 is 18.2 Å². The summed E-state index contributed by atoms with van der Waals surface area (Å²) in [7, 11) is 0. The summed E-state index contributed by atoms with van der Waals surface area (Å²) in [6.45, 7) is 2.81. The summed E-state index contributed by atoms with van der Waals surface area (Å²) in [6.07, 6.45) is -0.945. The number of benzene rings is 2. The maximum atomic E-state index is 12.7. The quantitative estimate of drug-likeness (QED) is 0.779. The van der Waals surface area contributed by atoms with Crippen LogP contribution in [-0.2, 0) is 27.3 Å². The number of amides is 1. The summed E-state index contributed by atoms with van der Waals surface area (Å²) in [5.41, 5.74) is 2.40. The van der Waals surface area contributed by atoms with Gasteiger partial charge in [0.15, 0.2) is 17.6 Å². The molecule has 2 aliphatic heterocycles. The van der Waals surface area contributed by atoms with Gasteiger partial charge in [-0.3, -0.25) is 4.79 Å². The van der Waals surface area contributed by atoms with Crippen LogP contribution in [0.25, 0.3) is 0 Å². The van der Waals surface area contributed by atoms with Crippen LogP contribution in [0.4, 0.5) is 0 Å². The Hall–Kier alpha value is -3.02. The van der Waals surface area contributed by atoms with Gasteiger partial charge in [-0.25, -0.2) is 4.79 Å². The molecule has 0 aliphatic carbocycles. The number of rotatable bonds is 3. The Morgan fingerprint density at radius 1 is 1.07 bits per heavy atom. The zero-order chi connectivity index (χ0) is 18.8. The molecule has 2 aromatic carbocycles. The second-order valence-electron chi connectivity index (χ2n) is 6.72. The standard InChI is InChI=1S/C21H21NO5/c1-14(20(23)22-11-10-15-6-2-3-7-16(15)12-22)26-21(24)19-13-25-17-8-4-5-9-18(17)27-19/h2-9,14,19H,10-13H2,1H3/t14-,19+/m0/s1. The average molecular weight is 367 g/mol. The number of para-hydroxylation sites is 2. The number of nitrogens with zero attached hydrogens (tertiary/aromatic N) is 1. The fraction of sp³-hybridized carbons (Fsp3) is 0.333. The van der Waals surface area contributed by atoms with Gasteiger partial charge >= 0.3 is 5.97 Å². The number of ether oxygens (including phenoxy) is 3. The summed E-state index contributed by atoms with van der Waals surface area (Å²) in [5.74, 6) is 0.299. The van der Waals surface area contributed by atoms with E-state index in [0.29, 0.717) is 24.6 Å². The Morgan fingerprint density at radius 3 is 2.59 bits per heavy atom. The molecule has 0 radical (unpaired) electrons. The second kappa shape index (κ2) is 7.31. The summed E-state index contributed by atoms with van der Waals surface area (Å²) in [6, 6.07) is 15.2. The van der Waals surface area contributed by atoms with Crippen LogP contribution in [0, 0.1) is 0 Å². The first-order valence-electron chi connectivity index (χ1n) is 9.06. The molecule has 4 rings (SSSR count). The lowest BCUT2D eigenvalue weighted by molar-refractivity contribution is -0.167. The van der Waals surface area contributed by atoms with Gasteiger partial charge < -0.3 is 19.1 Å². The fourth-order valence-corrected chi connectivity index (χ4v) is 3.38. The topological polar surface area (TPSA) is 65.1 Å². The molecule has 0 fully saturated rings. The lowest BCUT2D eigenvalue weighted by Crippen LogP contribution is -2.45. The third kappa shape index (κ3) is 3.60. The van der Waals surface area contributed by atoms with Gasteiger partial charge in [0.2, 0.25) is 6.10 Å². The van der Waals surface area contributed by atoms with Gasteiger partial charge in [0.25, 0.3) is 5.91 Å². The first-order valence-corrected chi connectivity index (χ1v) is 9.06. The Kier molecular flexibility index (Phi) is 4.71. The molecule has 2 atom stereocenters. The number of hydrogen-bond acceptors (Lipinski definition) is 5. The Morgan fingerprint density at radius 2 is 1.78 bits per heavy atom. The molecular weight excluding hydrogens is 346 g/mol. The zero-order valence-corrected chi connectivity index (χ0v) is 15.1. The fourth-order valence-electron chi connectivity index (χ4n) is 3.38. The van der Waals surface area contributed by atoms with Gasteiger partial charge in [0.1, 0.15) is 6.61 Å². The van der Waals surface area contributed by atoms with Crippen LogP contribution in [0.2, 0.25) is 0 Å². The van der Waals surface area contributed by atoms with Gasteiger partial charge in [-0.15, -0.1) is 0 Å². The lowest BCUT2D eigenvalue weighted by atomic mass is 9.99. The highest BCUT2D eigenvalue weighted by molar-refractivity contribution is 5.85. The van der Waals surface area contributed by atoms with Gasteiger partial charge in [-0.05, 0) is 36.6 Å². The van der Waals surface area contributed by atoms with E-state index in [1.54, 1.807) is 30.0 Å². The van der Waals surface area contributed by atoms with Crippen molar-refractivity contribution in [2.45, 2.75) is 32.1 Å². The number of carbonyl (C=O) groups is 2. The molecule has 0 N–H and O–H groups in total. The molecule has 6 heteroatoms. The van der Waals surface area contributed by atoms with Crippen LogP contribution in [0.5, 0.6) is 11.5 Å². The average Bonchev–Trinajstić information content (AvgIpc) is 2.72. The molecule has 2 aliphatic rings. The van der Waals surface area contributed by atoms with Crippen molar-refractivity contribution in [1.82, 2.24) is 4.90 Å². The number of carbonyl (C=O) groups excluding carboxylic acids is 2. The molecule has 0 bridgehead atoms. The van der Waals surface area contributed by atoms with Crippen LogP contribution < -0.4 is 9.47 Å². The van der Waals surface area contributed by atoms with Crippen molar-refractivity contribution in [3.63, 3.8) is 0 Å². The first kappa shape index (κ1) is 17.4. The molecule has 27 heavy (non-hydrogen) atoms. The van der Waals surface area contributed by atoms with Gasteiger partial charge in [0.05, 0.1) is 0 Å². The predicted molar refractivity (Wildman–Crippen MR) is 97.5 cm³/mol. The molecule has 6 nitrogen and oxygen atoms in total. The van der Waals surface area contributed by atoms with E-state index in [1.165, 1.54) is 5.56 Å². The third-order valence-corrected chi connectivity index (χ3v) is 4.85. The molecule has 2 aromatic rings. The smallest absolute Gasteiger partial charge is 0.351 e. The SMILES string of the molecule is C[C@H](OC(=O)[C@H]1COc2ccccc2O1)C(=O)N1CCc2ccccc2C1. The summed E-state index contributed by atoms with van der Waals surface area (Å²) < 4.78 is 16.5. The summed E-state index contributed by atoms with van der Waals surface area (Å²) in [4.78, 5) is 26.8. The van der Waals surface area contributed by atoms with Crippen LogP contribution in [-0.4, -0.2) is 42.1 Å². The van der Waals surface area contributed by atoms with Crippen molar-refractivity contribution in [2.75, 3.05) is 13.2 Å². The summed E-state index contributed by atoms with van der Waals surface area (Å²) >= 11 is 0. The molecule has 0 spiro atoms. The van der Waals surface area contributed by atoms with Gasteiger partial charge in [-0.2, -0.15) is 0 Å². The number of fused-ring (bicyclic) bond motifs is 2. The van der Waals surface area contributed by atoms with Crippen molar-refractivity contribution in [3.8, 4) is 11.5 Å². The molecular formula is C21H21NO5. The molecule has 0 saturated heterocycles. The highest BCUT2D eigenvalue weighted by Gasteiger charge is 2.33. The van der Waals surface area contributed by atoms with Gasteiger partial charge in [-0.1, -0.05) is 36.4 Å². The van der Waals surface area contributed by atoms with Crippen molar-refractivity contribution in [3.05, 3.63) is 59.7 Å². The van der Waals surface area contributed by atoms with E-state index in [-0.39, 0.29) is 12.5 Å². The minimum Gasteiger partial charge on any atom is -0.485 e. The van der Waals surface area contributed by atoms with Crippen LogP contribution >= 0.6 is 0 Å². The monoisotopic (exact) mass is 367 g/mol. The number of hydrogen-bond donors (Lipinski definition) is 0. The van der Waals surface area contributed by atoms with Crippen molar-refractivity contribution in [1.29, 1.82) is 0 Å². The zero-order valence-electron chi connectivity index (χ0n) is 15.1.